The van der Waals surface area contributed by atoms with Crippen molar-refractivity contribution in [1.82, 2.24) is 15.5 Å². The van der Waals surface area contributed by atoms with E-state index in [-0.39, 0.29) is 12.6 Å². The average molecular weight is 273 g/mol. The van der Waals surface area contributed by atoms with Crippen LogP contribution in [0.4, 0.5) is 4.79 Å². The summed E-state index contributed by atoms with van der Waals surface area (Å²) in [7, 11) is 0. The van der Waals surface area contributed by atoms with Crippen molar-refractivity contribution in [3.63, 3.8) is 0 Å². The summed E-state index contributed by atoms with van der Waals surface area (Å²) in [6, 6.07) is -0.210. The molecule has 0 aromatic rings. The highest BCUT2D eigenvalue weighted by Gasteiger charge is 2.24. The van der Waals surface area contributed by atoms with Gasteiger partial charge in [0.15, 0.2) is 0 Å². The molecule has 0 bridgehead atoms. The number of hydrogen-bond acceptors (Lipinski definition) is 4. The molecule has 1 aliphatic rings. The van der Waals surface area contributed by atoms with Crippen LogP contribution < -0.4 is 10.6 Å². The molecule has 0 aromatic heterocycles. The van der Waals surface area contributed by atoms with Crippen molar-refractivity contribution in [1.29, 1.82) is 0 Å². The van der Waals surface area contributed by atoms with Crippen LogP contribution in [0.25, 0.3) is 0 Å². The van der Waals surface area contributed by atoms with Crippen LogP contribution in [0.15, 0.2) is 0 Å². The van der Waals surface area contributed by atoms with E-state index in [4.69, 9.17) is 4.74 Å². The molecule has 112 valence electrons. The lowest BCUT2D eigenvalue weighted by Crippen LogP contribution is -2.53. The molecule has 1 atom stereocenters. The Morgan fingerprint density at radius 3 is 2.68 bits per heavy atom. The lowest BCUT2D eigenvalue weighted by Gasteiger charge is -2.29. The molecule has 0 aromatic carbocycles. The molecule has 1 saturated heterocycles. The predicted octanol–water partition coefficient (Wildman–Crippen LogP) is 0.169. The van der Waals surface area contributed by atoms with Gasteiger partial charge in [0.05, 0.1) is 25.4 Å². The summed E-state index contributed by atoms with van der Waals surface area (Å²) in [6.07, 6.45) is 1.69. The Kier molecular flexibility index (Phi) is 7.12. The minimum absolute atomic E-state index is 0.0439. The second kappa shape index (κ2) is 8.35. The third-order valence-electron chi connectivity index (χ3n) is 3.38. The Bertz CT molecular complexity index is 270. The van der Waals surface area contributed by atoms with Gasteiger partial charge in [-0.15, -0.1) is 0 Å². The van der Waals surface area contributed by atoms with Crippen LogP contribution in [-0.2, 0) is 4.74 Å². The molecule has 0 unspecified atom stereocenters. The maximum absolute atomic E-state index is 11.8. The fraction of sp³-hybridized carbons (Fsp3) is 0.923. The summed E-state index contributed by atoms with van der Waals surface area (Å²) in [5.74, 6) is 0. The highest BCUT2D eigenvalue weighted by atomic mass is 16.5. The van der Waals surface area contributed by atoms with E-state index in [2.05, 4.69) is 15.5 Å². The van der Waals surface area contributed by atoms with Gasteiger partial charge in [0.1, 0.15) is 0 Å². The second-order valence-electron chi connectivity index (χ2n) is 5.30. The molecule has 1 aliphatic heterocycles. The molecule has 0 aliphatic carbocycles. The molecule has 2 amide bonds. The van der Waals surface area contributed by atoms with Crippen LogP contribution in [-0.4, -0.2) is 67.6 Å². The first-order chi connectivity index (χ1) is 9.09. The van der Waals surface area contributed by atoms with E-state index in [1.807, 2.05) is 13.8 Å². The van der Waals surface area contributed by atoms with Crippen LogP contribution in [0, 0.1) is 0 Å². The number of aliphatic hydroxyl groups is 1. The summed E-state index contributed by atoms with van der Waals surface area (Å²) in [5, 5.41) is 15.0. The van der Waals surface area contributed by atoms with Crippen molar-refractivity contribution in [3.05, 3.63) is 0 Å². The maximum atomic E-state index is 11.8. The largest absolute Gasteiger partial charge is 0.394 e. The number of aliphatic hydroxyl groups excluding tert-OH is 1. The van der Waals surface area contributed by atoms with Gasteiger partial charge in [-0.2, -0.15) is 0 Å². The van der Waals surface area contributed by atoms with Gasteiger partial charge >= 0.3 is 6.03 Å². The topological polar surface area (TPSA) is 73.8 Å². The van der Waals surface area contributed by atoms with Crippen molar-refractivity contribution in [2.24, 2.45) is 0 Å². The fourth-order valence-electron chi connectivity index (χ4n) is 2.20. The Hall–Kier alpha value is -0.850. The molecule has 1 rings (SSSR count). The average Bonchev–Trinajstić information content (AvgIpc) is 2.40. The molecule has 0 radical (unpaired) electrons. The summed E-state index contributed by atoms with van der Waals surface area (Å²) in [6.45, 7) is 8.68. The quantitative estimate of drug-likeness (QED) is 0.618. The molecule has 6 heteroatoms. The smallest absolute Gasteiger partial charge is 0.315 e. The van der Waals surface area contributed by atoms with E-state index in [1.165, 1.54) is 0 Å². The zero-order valence-electron chi connectivity index (χ0n) is 12.1. The number of ether oxygens (including phenoxy) is 1. The summed E-state index contributed by atoms with van der Waals surface area (Å²) >= 11 is 0. The Balaban J connectivity index is 2.19. The first-order valence-electron chi connectivity index (χ1n) is 7.06. The van der Waals surface area contributed by atoms with Crippen molar-refractivity contribution in [2.45, 2.75) is 32.2 Å². The minimum Gasteiger partial charge on any atom is -0.394 e. The maximum Gasteiger partial charge on any atom is 0.315 e. The van der Waals surface area contributed by atoms with Gasteiger partial charge in [0.25, 0.3) is 0 Å². The molecule has 3 N–H and O–H groups in total. The van der Waals surface area contributed by atoms with E-state index in [1.54, 1.807) is 0 Å². The van der Waals surface area contributed by atoms with Gasteiger partial charge in [-0.3, -0.25) is 4.90 Å². The van der Waals surface area contributed by atoms with E-state index in [0.717, 1.165) is 45.7 Å². The molecule has 19 heavy (non-hydrogen) atoms. The summed E-state index contributed by atoms with van der Waals surface area (Å²) < 4.78 is 5.27. The number of nitrogens with one attached hydrogen (secondary N) is 2. The van der Waals surface area contributed by atoms with Gasteiger partial charge in [0.2, 0.25) is 0 Å². The molecule has 0 saturated carbocycles. The monoisotopic (exact) mass is 273 g/mol. The summed E-state index contributed by atoms with van der Waals surface area (Å²) in [4.78, 5) is 14.0. The zero-order chi connectivity index (χ0) is 14.1. The van der Waals surface area contributed by atoms with E-state index in [0.29, 0.717) is 6.54 Å². The van der Waals surface area contributed by atoms with Crippen molar-refractivity contribution in [2.75, 3.05) is 46.0 Å². The number of urea groups is 1. The Labute approximate surface area is 115 Å². The number of carbonyl (C=O) groups is 1. The Morgan fingerprint density at radius 2 is 2.11 bits per heavy atom. The number of carbonyl (C=O) groups excluding carboxylic acids is 1. The standard InChI is InChI=1S/C13H27N3O3/c1-3-4-13(2,11-17)15-12(18)14-5-6-16-7-9-19-10-8-16/h17H,3-11H2,1-2H3,(H2,14,15,18)/t13-/m0/s1. The molecule has 1 heterocycles. The highest BCUT2D eigenvalue weighted by molar-refractivity contribution is 5.74. The van der Waals surface area contributed by atoms with Crippen LogP contribution in [0.2, 0.25) is 0 Å². The molecule has 0 spiro atoms. The number of hydrogen-bond donors (Lipinski definition) is 3. The minimum atomic E-state index is -0.530. The first kappa shape index (κ1) is 16.2. The predicted molar refractivity (Wildman–Crippen MR) is 74.2 cm³/mol. The van der Waals surface area contributed by atoms with Crippen LogP contribution >= 0.6 is 0 Å². The number of rotatable bonds is 7. The van der Waals surface area contributed by atoms with Crippen molar-refractivity contribution >= 4 is 6.03 Å². The van der Waals surface area contributed by atoms with Crippen molar-refractivity contribution < 1.29 is 14.6 Å². The first-order valence-corrected chi connectivity index (χ1v) is 7.06. The van der Waals surface area contributed by atoms with Crippen LogP contribution in [0.3, 0.4) is 0 Å². The molecule has 6 nitrogen and oxygen atoms in total. The number of nitrogens with zero attached hydrogens (tertiary/aromatic N) is 1. The van der Waals surface area contributed by atoms with Gasteiger partial charge in [-0.25, -0.2) is 4.79 Å². The van der Waals surface area contributed by atoms with E-state index in [9.17, 15) is 9.90 Å². The lowest BCUT2D eigenvalue weighted by atomic mass is 9.98. The third-order valence-corrected chi connectivity index (χ3v) is 3.38. The van der Waals surface area contributed by atoms with E-state index >= 15 is 0 Å². The van der Waals surface area contributed by atoms with Gasteiger partial charge in [-0.05, 0) is 13.3 Å². The van der Waals surface area contributed by atoms with E-state index < -0.39 is 5.54 Å². The SMILES string of the molecule is CCC[C@@](C)(CO)NC(=O)NCCN1CCOCC1. The third kappa shape index (κ3) is 6.22. The molecule has 1 fully saturated rings. The van der Waals surface area contributed by atoms with Crippen molar-refractivity contribution in [3.8, 4) is 0 Å². The lowest BCUT2D eigenvalue weighted by molar-refractivity contribution is 0.0387. The fourth-order valence-corrected chi connectivity index (χ4v) is 2.20. The van der Waals surface area contributed by atoms with Gasteiger partial charge in [0, 0.05) is 26.2 Å². The summed E-state index contributed by atoms with van der Waals surface area (Å²) in [5.41, 5.74) is -0.530. The van der Waals surface area contributed by atoms with Gasteiger partial charge in [-0.1, -0.05) is 13.3 Å². The van der Waals surface area contributed by atoms with Gasteiger partial charge < -0.3 is 20.5 Å². The Morgan fingerprint density at radius 1 is 1.42 bits per heavy atom. The normalized spacial score (nSPS) is 19.7. The zero-order valence-corrected chi connectivity index (χ0v) is 12.1. The number of amides is 2. The highest BCUT2D eigenvalue weighted by Crippen LogP contribution is 2.10. The molecular weight excluding hydrogens is 246 g/mol. The second-order valence-corrected chi connectivity index (χ2v) is 5.30. The number of morpholine rings is 1. The van der Waals surface area contributed by atoms with Crippen LogP contribution in [0.5, 0.6) is 0 Å². The van der Waals surface area contributed by atoms with Crippen LogP contribution in [0.1, 0.15) is 26.7 Å². The molecular formula is C13H27N3O3.